The van der Waals surface area contributed by atoms with Crippen LogP contribution in [-0.2, 0) is 4.79 Å². The minimum Gasteiger partial charge on any atom is -0.480 e. The van der Waals surface area contributed by atoms with E-state index in [0.29, 0.717) is 5.56 Å². The average Bonchev–Trinajstić information content (AvgIpc) is 2.35. The van der Waals surface area contributed by atoms with Gasteiger partial charge in [-0.1, -0.05) is 0 Å². The molecule has 6 heteroatoms. The van der Waals surface area contributed by atoms with Crippen LogP contribution in [0.1, 0.15) is 23.2 Å². The molecule has 1 heterocycles. The number of pyridine rings is 1. The maximum absolute atomic E-state index is 11.6. The van der Waals surface area contributed by atoms with Crippen molar-refractivity contribution in [3.63, 3.8) is 0 Å². The molecule has 2 N–H and O–H groups in total. The van der Waals surface area contributed by atoms with Gasteiger partial charge in [0.05, 0.1) is 6.07 Å². The summed E-state index contributed by atoms with van der Waals surface area (Å²) in [5.74, 6) is -1.64. The summed E-state index contributed by atoms with van der Waals surface area (Å²) in [6.07, 6.45) is 3.05. The van der Waals surface area contributed by atoms with Gasteiger partial charge in [-0.25, -0.2) is 4.79 Å². The number of nitrogens with one attached hydrogen (secondary N) is 1. The van der Waals surface area contributed by atoms with Gasteiger partial charge in [0.25, 0.3) is 5.91 Å². The number of amides is 1. The van der Waals surface area contributed by atoms with E-state index in [1.165, 1.54) is 24.5 Å². The predicted octanol–water partition coefficient (Wildman–Crippen LogP) is 0.568. The van der Waals surface area contributed by atoms with Gasteiger partial charge >= 0.3 is 5.97 Å². The summed E-state index contributed by atoms with van der Waals surface area (Å²) in [4.78, 5) is 26.2. The summed E-state index contributed by atoms with van der Waals surface area (Å²) >= 11 is 0. The van der Waals surface area contributed by atoms with Crippen molar-refractivity contribution in [3.8, 4) is 6.07 Å². The topological polar surface area (TPSA) is 103 Å². The largest absolute Gasteiger partial charge is 0.480 e. The van der Waals surface area contributed by atoms with Gasteiger partial charge in [-0.2, -0.15) is 5.26 Å². The second kappa shape index (κ2) is 6.23. The molecule has 1 rings (SSSR count). The van der Waals surface area contributed by atoms with E-state index >= 15 is 0 Å². The van der Waals surface area contributed by atoms with E-state index in [2.05, 4.69) is 10.3 Å². The maximum Gasteiger partial charge on any atom is 0.326 e. The van der Waals surface area contributed by atoms with Gasteiger partial charge < -0.3 is 10.4 Å². The number of hydrogen-bond acceptors (Lipinski definition) is 4. The number of nitrogens with zero attached hydrogens (tertiary/aromatic N) is 2. The van der Waals surface area contributed by atoms with E-state index in [1.807, 2.05) is 6.07 Å². The first-order valence-corrected chi connectivity index (χ1v) is 4.96. The normalized spacial score (nSPS) is 11.2. The van der Waals surface area contributed by atoms with E-state index in [9.17, 15) is 9.59 Å². The SMILES string of the molecule is N#CCC[C@@H](NC(=O)c1ccncc1)C(=O)O. The number of carboxylic acid groups (broad SMARTS) is 1. The second-order valence-corrected chi connectivity index (χ2v) is 3.30. The molecule has 1 amide bonds. The Morgan fingerprint density at radius 1 is 1.47 bits per heavy atom. The molecular weight excluding hydrogens is 222 g/mol. The first-order chi connectivity index (χ1) is 8.15. The molecule has 0 aliphatic heterocycles. The molecule has 0 saturated heterocycles. The molecule has 0 aliphatic rings. The summed E-state index contributed by atoms with van der Waals surface area (Å²) in [5, 5.41) is 19.6. The number of carbonyl (C=O) groups is 2. The number of aliphatic carboxylic acids is 1. The molecule has 0 unspecified atom stereocenters. The number of carbonyl (C=O) groups excluding carboxylic acids is 1. The lowest BCUT2D eigenvalue weighted by Gasteiger charge is -2.12. The monoisotopic (exact) mass is 233 g/mol. The molecule has 0 fully saturated rings. The lowest BCUT2D eigenvalue weighted by atomic mass is 10.1. The highest BCUT2D eigenvalue weighted by molar-refractivity contribution is 5.96. The lowest BCUT2D eigenvalue weighted by molar-refractivity contribution is -0.139. The van der Waals surface area contributed by atoms with Crippen molar-refractivity contribution in [2.75, 3.05) is 0 Å². The van der Waals surface area contributed by atoms with E-state index in [-0.39, 0.29) is 12.8 Å². The zero-order chi connectivity index (χ0) is 12.7. The Morgan fingerprint density at radius 2 is 2.12 bits per heavy atom. The smallest absolute Gasteiger partial charge is 0.326 e. The van der Waals surface area contributed by atoms with E-state index in [0.717, 1.165) is 0 Å². The number of aromatic nitrogens is 1. The number of nitriles is 1. The van der Waals surface area contributed by atoms with Crippen molar-refractivity contribution in [2.24, 2.45) is 0 Å². The van der Waals surface area contributed by atoms with Crippen LogP contribution in [0, 0.1) is 11.3 Å². The van der Waals surface area contributed by atoms with Gasteiger partial charge in [0, 0.05) is 24.4 Å². The average molecular weight is 233 g/mol. The van der Waals surface area contributed by atoms with E-state index < -0.39 is 17.9 Å². The van der Waals surface area contributed by atoms with Gasteiger partial charge in [0.15, 0.2) is 0 Å². The van der Waals surface area contributed by atoms with Crippen LogP contribution in [0.5, 0.6) is 0 Å². The zero-order valence-electron chi connectivity index (χ0n) is 8.96. The van der Waals surface area contributed by atoms with Crippen LogP contribution in [0.4, 0.5) is 0 Å². The minimum atomic E-state index is -1.15. The Kier molecular flexibility index (Phi) is 4.63. The highest BCUT2D eigenvalue weighted by atomic mass is 16.4. The van der Waals surface area contributed by atoms with Crippen LogP contribution in [0.3, 0.4) is 0 Å². The highest BCUT2D eigenvalue weighted by Gasteiger charge is 2.19. The molecule has 0 bridgehead atoms. The molecular formula is C11H11N3O3. The maximum atomic E-state index is 11.6. The third-order valence-corrected chi connectivity index (χ3v) is 2.09. The van der Waals surface area contributed by atoms with Crippen LogP contribution in [-0.4, -0.2) is 28.0 Å². The Hall–Kier alpha value is -2.42. The summed E-state index contributed by atoms with van der Waals surface area (Å²) in [6, 6.07) is 3.76. The molecule has 88 valence electrons. The molecule has 0 aromatic carbocycles. The first kappa shape index (κ1) is 12.6. The Balaban J connectivity index is 2.65. The van der Waals surface area contributed by atoms with Crippen LogP contribution in [0.2, 0.25) is 0 Å². The van der Waals surface area contributed by atoms with Crippen LogP contribution < -0.4 is 5.32 Å². The summed E-state index contributed by atoms with van der Waals surface area (Å²) in [6.45, 7) is 0. The third-order valence-electron chi connectivity index (χ3n) is 2.09. The molecule has 0 radical (unpaired) electrons. The Bertz CT molecular complexity index is 439. The molecule has 0 spiro atoms. The summed E-state index contributed by atoms with van der Waals surface area (Å²) < 4.78 is 0. The zero-order valence-corrected chi connectivity index (χ0v) is 8.96. The van der Waals surface area contributed by atoms with Crippen molar-refractivity contribution < 1.29 is 14.7 Å². The standard InChI is InChI=1S/C11H11N3O3/c12-5-1-2-9(11(16)17)14-10(15)8-3-6-13-7-4-8/h3-4,6-7,9H,1-2H2,(H,14,15)(H,16,17)/t9-/m1/s1. The molecule has 17 heavy (non-hydrogen) atoms. The Morgan fingerprint density at radius 3 is 2.65 bits per heavy atom. The third kappa shape index (κ3) is 3.91. The molecule has 0 saturated carbocycles. The van der Waals surface area contributed by atoms with Crippen molar-refractivity contribution in [3.05, 3.63) is 30.1 Å². The van der Waals surface area contributed by atoms with Crippen molar-refractivity contribution in [1.29, 1.82) is 5.26 Å². The highest BCUT2D eigenvalue weighted by Crippen LogP contribution is 2.01. The van der Waals surface area contributed by atoms with E-state index in [4.69, 9.17) is 10.4 Å². The van der Waals surface area contributed by atoms with Crippen molar-refractivity contribution in [2.45, 2.75) is 18.9 Å². The van der Waals surface area contributed by atoms with Gasteiger partial charge in [-0.05, 0) is 18.6 Å². The minimum absolute atomic E-state index is 0.0770. The predicted molar refractivity (Wildman–Crippen MR) is 58.0 cm³/mol. The van der Waals surface area contributed by atoms with Crippen LogP contribution in [0.15, 0.2) is 24.5 Å². The van der Waals surface area contributed by atoms with Gasteiger partial charge in [-0.3, -0.25) is 9.78 Å². The molecule has 1 atom stereocenters. The fourth-order valence-electron chi connectivity index (χ4n) is 1.21. The number of rotatable bonds is 5. The van der Waals surface area contributed by atoms with E-state index in [1.54, 1.807) is 0 Å². The molecule has 6 nitrogen and oxygen atoms in total. The summed E-state index contributed by atoms with van der Waals surface area (Å²) in [5.41, 5.74) is 0.336. The Labute approximate surface area is 97.9 Å². The molecule has 1 aromatic rings. The summed E-state index contributed by atoms with van der Waals surface area (Å²) in [7, 11) is 0. The van der Waals surface area contributed by atoms with Gasteiger partial charge in [0.2, 0.25) is 0 Å². The quantitative estimate of drug-likeness (QED) is 0.773. The fourth-order valence-corrected chi connectivity index (χ4v) is 1.21. The molecule has 1 aromatic heterocycles. The lowest BCUT2D eigenvalue weighted by Crippen LogP contribution is -2.40. The van der Waals surface area contributed by atoms with Crippen molar-refractivity contribution >= 4 is 11.9 Å². The van der Waals surface area contributed by atoms with Crippen LogP contribution in [0.25, 0.3) is 0 Å². The second-order valence-electron chi connectivity index (χ2n) is 3.30. The van der Waals surface area contributed by atoms with Crippen molar-refractivity contribution in [1.82, 2.24) is 10.3 Å². The van der Waals surface area contributed by atoms with Crippen LogP contribution >= 0.6 is 0 Å². The van der Waals surface area contributed by atoms with Gasteiger partial charge in [0.1, 0.15) is 6.04 Å². The first-order valence-electron chi connectivity index (χ1n) is 4.96. The number of carboxylic acids is 1. The van der Waals surface area contributed by atoms with Gasteiger partial charge in [-0.15, -0.1) is 0 Å². The fraction of sp³-hybridized carbons (Fsp3) is 0.273. The number of hydrogen-bond donors (Lipinski definition) is 2. The molecule has 0 aliphatic carbocycles.